The van der Waals surface area contributed by atoms with E-state index < -0.39 is 17.9 Å². The van der Waals surface area contributed by atoms with Crippen molar-refractivity contribution in [3.05, 3.63) is 57.6 Å². The van der Waals surface area contributed by atoms with Crippen molar-refractivity contribution < 1.29 is 24.5 Å². The van der Waals surface area contributed by atoms with E-state index in [-0.39, 0.29) is 35.2 Å². The molecule has 25 heavy (non-hydrogen) atoms. The van der Waals surface area contributed by atoms with Gasteiger partial charge in [-0.25, -0.2) is 9.59 Å². The molecule has 134 valence electrons. The van der Waals surface area contributed by atoms with E-state index in [0.717, 1.165) is 0 Å². The van der Waals surface area contributed by atoms with Gasteiger partial charge in [0.05, 0.1) is 11.5 Å². The first-order valence-corrected chi connectivity index (χ1v) is 7.91. The van der Waals surface area contributed by atoms with Crippen molar-refractivity contribution in [2.24, 2.45) is 5.73 Å². The van der Waals surface area contributed by atoms with Crippen LogP contribution in [0.1, 0.15) is 18.4 Å². The van der Waals surface area contributed by atoms with Crippen LogP contribution in [0.4, 0.5) is 0 Å². The molecule has 1 aromatic rings. The molecule has 0 radical (unpaired) electrons. The van der Waals surface area contributed by atoms with E-state index in [1.54, 1.807) is 38.2 Å². The highest BCUT2D eigenvalue weighted by Crippen LogP contribution is 2.43. The number of nitrogens with two attached hydrogens (primary N) is 1. The molecule has 1 aliphatic heterocycles. The monoisotopic (exact) mass is 366 g/mol. The van der Waals surface area contributed by atoms with E-state index in [2.05, 4.69) is 0 Å². The van der Waals surface area contributed by atoms with Crippen molar-refractivity contribution in [3.8, 4) is 0 Å². The third-order valence-corrected chi connectivity index (χ3v) is 4.38. The smallest absolute Gasteiger partial charge is 0.337 e. The van der Waals surface area contributed by atoms with Crippen LogP contribution in [0.25, 0.3) is 0 Å². The molecule has 1 aliphatic rings. The van der Waals surface area contributed by atoms with Crippen molar-refractivity contribution in [1.82, 2.24) is 4.90 Å². The summed E-state index contributed by atoms with van der Waals surface area (Å²) in [7, 11) is 1.55. The SMILES string of the molecule is CC1=C(C(=O)O)C(c2ccccc2Cl)C(C(=O)O)=C(OCCN)N1C. The number of carbonyl (C=O) groups is 2. The number of carboxylic acid groups (broad SMARTS) is 2. The third-order valence-electron chi connectivity index (χ3n) is 4.04. The highest BCUT2D eigenvalue weighted by molar-refractivity contribution is 6.31. The second-order valence-corrected chi connectivity index (χ2v) is 5.89. The van der Waals surface area contributed by atoms with Crippen LogP contribution in [0.5, 0.6) is 0 Å². The molecule has 1 heterocycles. The Balaban J connectivity index is 2.78. The number of hydrogen-bond acceptors (Lipinski definition) is 5. The molecule has 7 nitrogen and oxygen atoms in total. The van der Waals surface area contributed by atoms with Gasteiger partial charge >= 0.3 is 11.9 Å². The zero-order valence-electron chi connectivity index (χ0n) is 13.8. The summed E-state index contributed by atoms with van der Waals surface area (Å²) in [5.74, 6) is -3.50. The van der Waals surface area contributed by atoms with Gasteiger partial charge in [0.1, 0.15) is 12.2 Å². The molecule has 0 aromatic heterocycles. The Morgan fingerprint density at radius 2 is 1.84 bits per heavy atom. The number of allylic oxidation sites excluding steroid dienone is 1. The van der Waals surface area contributed by atoms with Gasteiger partial charge in [-0.05, 0) is 18.6 Å². The quantitative estimate of drug-likeness (QED) is 0.705. The first-order valence-electron chi connectivity index (χ1n) is 7.53. The summed E-state index contributed by atoms with van der Waals surface area (Å²) in [4.78, 5) is 25.3. The predicted octanol–water partition coefficient (Wildman–Crippen LogP) is 2.00. The highest BCUT2D eigenvalue weighted by atomic mass is 35.5. The minimum atomic E-state index is -1.28. The van der Waals surface area contributed by atoms with E-state index in [1.807, 2.05) is 0 Å². The lowest BCUT2D eigenvalue weighted by atomic mass is 9.81. The number of aliphatic carboxylic acids is 2. The van der Waals surface area contributed by atoms with Gasteiger partial charge in [-0.1, -0.05) is 29.8 Å². The van der Waals surface area contributed by atoms with E-state index in [4.69, 9.17) is 22.1 Å². The molecule has 0 amide bonds. The fraction of sp³-hybridized carbons (Fsp3) is 0.294. The lowest BCUT2D eigenvalue weighted by molar-refractivity contribution is -0.134. The Kier molecular flexibility index (Phi) is 5.71. The van der Waals surface area contributed by atoms with Crippen LogP contribution in [0.3, 0.4) is 0 Å². The lowest BCUT2D eigenvalue weighted by Crippen LogP contribution is -2.34. The van der Waals surface area contributed by atoms with Gasteiger partial charge in [0.15, 0.2) is 0 Å². The number of carboxylic acids is 2. The average molecular weight is 367 g/mol. The van der Waals surface area contributed by atoms with Crippen molar-refractivity contribution >= 4 is 23.5 Å². The van der Waals surface area contributed by atoms with E-state index >= 15 is 0 Å². The van der Waals surface area contributed by atoms with E-state index in [1.165, 1.54) is 4.90 Å². The molecule has 8 heteroatoms. The summed E-state index contributed by atoms with van der Waals surface area (Å²) in [6.07, 6.45) is 0. The normalized spacial score (nSPS) is 17.8. The fourth-order valence-electron chi connectivity index (χ4n) is 2.83. The molecule has 0 spiro atoms. The molecule has 0 saturated heterocycles. The van der Waals surface area contributed by atoms with Gasteiger partial charge in [0.25, 0.3) is 0 Å². The molecule has 0 bridgehead atoms. The van der Waals surface area contributed by atoms with Gasteiger partial charge in [0, 0.05) is 24.3 Å². The standard InChI is InChI=1S/C17H19ClN2O5/c1-9-12(16(21)22)13(10-5-3-4-6-11(10)18)14(17(23)24)15(20(9)2)25-8-7-19/h3-6,13H,7-8,19H2,1-2H3,(H,21,22)(H,23,24). The first-order chi connectivity index (χ1) is 11.8. The summed E-state index contributed by atoms with van der Waals surface area (Å²) >= 11 is 6.23. The van der Waals surface area contributed by atoms with Gasteiger partial charge in [-0.15, -0.1) is 0 Å². The zero-order chi connectivity index (χ0) is 18.7. The van der Waals surface area contributed by atoms with Crippen LogP contribution in [0.15, 0.2) is 47.0 Å². The van der Waals surface area contributed by atoms with Gasteiger partial charge in [-0.2, -0.15) is 0 Å². The minimum absolute atomic E-state index is 0.0605. The molecule has 1 atom stereocenters. The van der Waals surface area contributed by atoms with Crippen LogP contribution < -0.4 is 5.73 Å². The van der Waals surface area contributed by atoms with E-state index in [0.29, 0.717) is 11.3 Å². The van der Waals surface area contributed by atoms with Crippen LogP contribution in [-0.4, -0.2) is 47.3 Å². The Hall–Kier alpha value is -2.51. The van der Waals surface area contributed by atoms with Crippen molar-refractivity contribution in [1.29, 1.82) is 0 Å². The molecule has 0 aliphatic carbocycles. The molecule has 0 fully saturated rings. The second kappa shape index (κ2) is 7.58. The van der Waals surface area contributed by atoms with E-state index in [9.17, 15) is 19.8 Å². The fourth-order valence-corrected chi connectivity index (χ4v) is 3.08. The number of hydrogen-bond donors (Lipinski definition) is 3. The molecule has 2 rings (SSSR count). The molecule has 4 N–H and O–H groups in total. The summed E-state index contributed by atoms with van der Waals surface area (Å²) in [6, 6.07) is 6.56. The van der Waals surface area contributed by atoms with Crippen molar-refractivity contribution in [3.63, 3.8) is 0 Å². The largest absolute Gasteiger partial charge is 0.478 e. The number of halogens is 1. The molecular formula is C17H19ClN2O5. The third kappa shape index (κ3) is 3.47. The summed E-state index contributed by atoms with van der Waals surface area (Å²) < 4.78 is 5.54. The summed E-state index contributed by atoms with van der Waals surface area (Å²) in [6.45, 7) is 1.88. The minimum Gasteiger partial charge on any atom is -0.478 e. The van der Waals surface area contributed by atoms with Crippen LogP contribution in [-0.2, 0) is 14.3 Å². The second-order valence-electron chi connectivity index (χ2n) is 5.48. The van der Waals surface area contributed by atoms with Gasteiger partial charge in [0.2, 0.25) is 5.88 Å². The van der Waals surface area contributed by atoms with Crippen LogP contribution in [0, 0.1) is 0 Å². The Labute approximate surface area is 149 Å². The Morgan fingerprint density at radius 3 is 2.36 bits per heavy atom. The Bertz CT molecular complexity index is 772. The summed E-state index contributed by atoms with van der Waals surface area (Å²) in [5.41, 5.74) is 5.96. The maximum absolute atomic E-state index is 12.0. The topological polar surface area (TPSA) is 113 Å². The maximum Gasteiger partial charge on any atom is 0.337 e. The summed E-state index contributed by atoms with van der Waals surface area (Å²) in [5, 5.41) is 19.8. The number of nitrogens with zero attached hydrogens (tertiary/aromatic N) is 1. The van der Waals surface area contributed by atoms with Gasteiger partial charge in [-0.3, -0.25) is 0 Å². The number of rotatable bonds is 6. The first kappa shape index (κ1) is 18.8. The molecule has 1 aromatic carbocycles. The van der Waals surface area contributed by atoms with Crippen molar-refractivity contribution in [2.75, 3.05) is 20.2 Å². The number of ether oxygens (including phenoxy) is 1. The molecule has 0 saturated carbocycles. The lowest BCUT2D eigenvalue weighted by Gasteiger charge is -2.35. The highest BCUT2D eigenvalue weighted by Gasteiger charge is 2.41. The molecular weight excluding hydrogens is 348 g/mol. The van der Waals surface area contributed by atoms with Crippen molar-refractivity contribution in [2.45, 2.75) is 12.8 Å². The van der Waals surface area contributed by atoms with Gasteiger partial charge < -0.3 is 25.6 Å². The average Bonchev–Trinajstić information content (AvgIpc) is 2.55. The van der Waals surface area contributed by atoms with Crippen LogP contribution >= 0.6 is 11.6 Å². The number of benzene rings is 1. The maximum atomic E-state index is 12.0. The molecule has 1 unspecified atom stereocenters. The van der Waals surface area contributed by atoms with Crippen LogP contribution in [0.2, 0.25) is 5.02 Å². The Morgan fingerprint density at radius 1 is 1.24 bits per heavy atom. The zero-order valence-corrected chi connectivity index (χ0v) is 14.6. The predicted molar refractivity (Wildman–Crippen MR) is 92.0 cm³/mol.